The van der Waals surface area contributed by atoms with Crippen molar-refractivity contribution in [2.45, 2.75) is 13.1 Å². The highest BCUT2D eigenvalue weighted by molar-refractivity contribution is 6.00. The van der Waals surface area contributed by atoms with Gasteiger partial charge in [-0.15, -0.1) is 0 Å². The van der Waals surface area contributed by atoms with Gasteiger partial charge < -0.3 is 9.80 Å². The average Bonchev–Trinajstić information content (AvgIpc) is 2.99. The number of rotatable bonds is 4. The Bertz CT molecular complexity index is 798. The first-order valence-corrected chi connectivity index (χ1v) is 9.12. The molecule has 26 heavy (non-hydrogen) atoms. The number of hydrogen-bond donors (Lipinski definition) is 0. The number of amides is 2. The van der Waals surface area contributed by atoms with Gasteiger partial charge in [0.05, 0.1) is 0 Å². The van der Waals surface area contributed by atoms with Crippen LogP contribution < -0.4 is 0 Å². The predicted octanol–water partition coefficient (Wildman–Crippen LogP) is 1.99. The van der Waals surface area contributed by atoms with Gasteiger partial charge in [-0.2, -0.15) is 0 Å². The summed E-state index contributed by atoms with van der Waals surface area (Å²) in [5.41, 5.74) is 3.04. The summed E-state index contributed by atoms with van der Waals surface area (Å²) in [7, 11) is 0. The second-order valence-electron chi connectivity index (χ2n) is 6.96. The largest absolute Gasteiger partial charge is 0.339 e. The van der Waals surface area contributed by atoms with Crippen LogP contribution in [0.4, 0.5) is 0 Å². The van der Waals surface area contributed by atoms with E-state index in [0.717, 1.165) is 43.9 Å². The van der Waals surface area contributed by atoms with E-state index >= 15 is 0 Å². The number of benzene rings is 2. The highest BCUT2D eigenvalue weighted by Crippen LogP contribution is 2.22. The molecule has 0 spiro atoms. The van der Waals surface area contributed by atoms with Crippen molar-refractivity contribution in [2.75, 3.05) is 32.7 Å². The topological polar surface area (TPSA) is 43.9 Å². The standard InChI is InChI=1S/C21H23N3O2/c25-20(16-24-15-18-8-4-5-9-19(18)21(24)26)23-12-10-22(11-13-23)14-17-6-2-1-3-7-17/h1-9H,10-16H2. The molecule has 1 fully saturated rings. The molecule has 0 atom stereocenters. The lowest BCUT2D eigenvalue weighted by Crippen LogP contribution is -2.50. The lowest BCUT2D eigenvalue weighted by atomic mass is 10.1. The van der Waals surface area contributed by atoms with Crippen LogP contribution >= 0.6 is 0 Å². The van der Waals surface area contributed by atoms with Gasteiger partial charge in [-0.05, 0) is 17.2 Å². The molecule has 0 N–H and O–H groups in total. The maximum atomic E-state index is 12.6. The van der Waals surface area contributed by atoms with Crippen LogP contribution in [0.3, 0.4) is 0 Å². The van der Waals surface area contributed by atoms with Crippen molar-refractivity contribution in [1.82, 2.24) is 14.7 Å². The molecule has 1 saturated heterocycles. The maximum absolute atomic E-state index is 12.6. The lowest BCUT2D eigenvalue weighted by Gasteiger charge is -2.35. The third kappa shape index (κ3) is 3.48. The molecule has 5 heteroatoms. The minimum absolute atomic E-state index is 0.0309. The first-order valence-electron chi connectivity index (χ1n) is 9.12. The fraction of sp³-hybridized carbons (Fsp3) is 0.333. The Morgan fingerprint density at radius 1 is 0.885 bits per heavy atom. The van der Waals surface area contributed by atoms with Crippen LogP contribution in [0.15, 0.2) is 54.6 Å². The minimum Gasteiger partial charge on any atom is -0.339 e. The van der Waals surface area contributed by atoms with Crippen LogP contribution in [-0.4, -0.2) is 59.2 Å². The summed E-state index contributed by atoms with van der Waals surface area (Å²) in [4.78, 5) is 31.0. The zero-order valence-electron chi connectivity index (χ0n) is 14.8. The molecule has 0 aromatic heterocycles. The van der Waals surface area contributed by atoms with E-state index in [1.54, 1.807) is 4.90 Å². The zero-order chi connectivity index (χ0) is 17.9. The SMILES string of the molecule is O=C(CN1Cc2ccccc2C1=O)N1CCN(Cc2ccccc2)CC1. The molecule has 0 bridgehead atoms. The molecule has 0 saturated carbocycles. The van der Waals surface area contributed by atoms with E-state index in [0.29, 0.717) is 6.54 Å². The molecule has 2 aromatic rings. The monoisotopic (exact) mass is 349 g/mol. The number of fused-ring (bicyclic) bond motifs is 1. The van der Waals surface area contributed by atoms with Crippen LogP contribution in [0, 0.1) is 0 Å². The van der Waals surface area contributed by atoms with E-state index in [2.05, 4.69) is 29.2 Å². The first kappa shape index (κ1) is 16.8. The molecule has 0 aliphatic carbocycles. The third-order valence-corrected chi connectivity index (χ3v) is 5.20. The summed E-state index contributed by atoms with van der Waals surface area (Å²) in [5.74, 6) is 0.0159. The number of carbonyl (C=O) groups is 2. The van der Waals surface area contributed by atoms with Crippen molar-refractivity contribution in [3.8, 4) is 0 Å². The van der Waals surface area contributed by atoms with E-state index in [-0.39, 0.29) is 18.4 Å². The van der Waals surface area contributed by atoms with Crippen molar-refractivity contribution >= 4 is 11.8 Å². The van der Waals surface area contributed by atoms with Gasteiger partial charge in [0.15, 0.2) is 0 Å². The Balaban J connectivity index is 1.29. The van der Waals surface area contributed by atoms with Gasteiger partial charge in [0.2, 0.25) is 5.91 Å². The van der Waals surface area contributed by atoms with Gasteiger partial charge in [0.1, 0.15) is 6.54 Å². The van der Waals surface area contributed by atoms with Gasteiger partial charge in [-0.3, -0.25) is 14.5 Å². The summed E-state index contributed by atoms with van der Waals surface area (Å²) in [6, 6.07) is 18.0. The number of nitrogens with zero attached hydrogens (tertiary/aromatic N) is 3. The van der Waals surface area contributed by atoms with Crippen molar-refractivity contribution in [1.29, 1.82) is 0 Å². The quantitative estimate of drug-likeness (QED) is 0.848. The average molecular weight is 349 g/mol. The Labute approximate surface area is 153 Å². The molecule has 5 nitrogen and oxygen atoms in total. The van der Waals surface area contributed by atoms with E-state index in [1.807, 2.05) is 35.2 Å². The Morgan fingerprint density at radius 3 is 2.31 bits per heavy atom. The van der Waals surface area contributed by atoms with E-state index in [1.165, 1.54) is 5.56 Å². The van der Waals surface area contributed by atoms with Gasteiger partial charge in [0.25, 0.3) is 5.91 Å². The van der Waals surface area contributed by atoms with Gasteiger partial charge in [-0.25, -0.2) is 0 Å². The summed E-state index contributed by atoms with van der Waals surface area (Å²) in [5, 5.41) is 0. The molecule has 0 unspecified atom stereocenters. The molecular formula is C21H23N3O2. The molecule has 2 amide bonds. The fourth-order valence-corrected chi connectivity index (χ4v) is 3.70. The van der Waals surface area contributed by atoms with Crippen LogP contribution in [0.25, 0.3) is 0 Å². The van der Waals surface area contributed by atoms with Crippen molar-refractivity contribution in [3.05, 3.63) is 71.3 Å². The molecule has 2 aliphatic rings. The van der Waals surface area contributed by atoms with Gasteiger partial charge >= 0.3 is 0 Å². The smallest absolute Gasteiger partial charge is 0.254 e. The highest BCUT2D eigenvalue weighted by atomic mass is 16.2. The number of carbonyl (C=O) groups excluding carboxylic acids is 2. The number of piperazine rings is 1. The molecule has 0 radical (unpaired) electrons. The van der Waals surface area contributed by atoms with Gasteiger partial charge in [0, 0.05) is 44.8 Å². The van der Waals surface area contributed by atoms with E-state index in [4.69, 9.17) is 0 Å². The summed E-state index contributed by atoms with van der Waals surface area (Å²) in [6.45, 7) is 4.81. The summed E-state index contributed by atoms with van der Waals surface area (Å²) < 4.78 is 0. The number of hydrogen-bond acceptors (Lipinski definition) is 3. The van der Waals surface area contributed by atoms with Gasteiger partial charge in [-0.1, -0.05) is 48.5 Å². The van der Waals surface area contributed by atoms with Crippen LogP contribution in [0.2, 0.25) is 0 Å². The molecule has 4 rings (SSSR count). The minimum atomic E-state index is -0.0309. The molecular weight excluding hydrogens is 326 g/mol. The maximum Gasteiger partial charge on any atom is 0.254 e. The second kappa shape index (κ2) is 7.30. The first-order chi connectivity index (χ1) is 12.7. The summed E-state index contributed by atoms with van der Waals surface area (Å²) >= 11 is 0. The lowest BCUT2D eigenvalue weighted by molar-refractivity contribution is -0.133. The molecule has 2 aromatic carbocycles. The molecule has 2 heterocycles. The molecule has 134 valence electrons. The van der Waals surface area contributed by atoms with Crippen LogP contribution in [0.5, 0.6) is 0 Å². The van der Waals surface area contributed by atoms with Crippen molar-refractivity contribution < 1.29 is 9.59 Å². The Hall–Kier alpha value is -2.66. The third-order valence-electron chi connectivity index (χ3n) is 5.20. The summed E-state index contributed by atoms with van der Waals surface area (Å²) in [6.07, 6.45) is 0. The second-order valence-corrected chi connectivity index (χ2v) is 6.96. The van der Waals surface area contributed by atoms with E-state index in [9.17, 15) is 9.59 Å². The Kier molecular flexibility index (Phi) is 4.71. The van der Waals surface area contributed by atoms with Crippen molar-refractivity contribution in [2.24, 2.45) is 0 Å². The fourth-order valence-electron chi connectivity index (χ4n) is 3.70. The highest BCUT2D eigenvalue weighted by Gasteiger charge is 2.30. The van der Waals surface area contributed by atoms with Crippen LogP contribution in [0.1, 0.15) is 21.5 Å². The Morgan fingerprint density at radius 2 is 1.58 bits per heavy atom. The van der Waals surface area contributed by atoms with E-state index < -0.39 is 0 Å². The zero-order valence-corrected chi connectivity index (χ0v) is 14.8. The normalized spacial score (nSPS) is 17.5. The molecule has 2 aliphatic heterocycles. The predicted molar refractivity (Wildman–Crippen MR) is 99.5 cm³/mol. The van der Waals surface area contributed by atoms with Crippen molar-refractivity contribution in [3.63, 3.8) is 0 Å². The van der Waals surface area contributed by atoms with Crippen LogP contribution in [-0.2, 0) is 17.9 Å².